The van der Waals surface area contributed by atoms with Crippen molar-refractivity contribution in [1.29, 1.82) is 0 Å². The van der Waals surface area contributed by atoms with E-state index in [2.05, 4.69) is 36.4 Å². The Hall–Kier alpha value is -2.48. The molecule has 1 amide bonds. The molecule has 0 spiro atoms. The Labute approximate surface area is 177 Å². The van der Waals surface area contributed by atoms with Crippen molar-refractivity contribution >= 4 is 11.9 Å². The molecule has 3 fully saturated rings. The van der Waals surface area contributed by atoms with E-state index >= 15 is 0 Å². The normalized spacial score (nSPS) is 27.0. The van der Waals surface area contributed by atoms with Gasteiger partial charge in [-0.25, -0.2) is 9.97 Å². The molecule has 2 saturated heterocycles. The first-order valence-electron chi connectivity index (χ1n) is 11.1. The number of anilines is 1. The van der Waals surface area contributed by atoms with Crippen LogP contribution in [0.5, 0.6) is 0 Å². The third kappa shape index (κ3) is 3.93. The lowest BCUT2D eigenvalue weighted by atomic mass is 9.74. The third-order valence-corrected chi connectivity index (χ3v) is 6.97. The second-order valence-corrected chi connectivity index (χ2v) is 9.30. The molecule has 5 rings (SSSR count). The molecular weight excluding hydrogens is 378 g/mol. The highest BCUT2D eigenvalue weighted by atomic mass is 16.2. The van der Waals surface area contributed by atoms with E-state index in [0.29, 0.717) is 12.5 Å². The fourth-order valence-electron chi connectivity index (χ4n) is 5.18. The molecule has 2 atom stereocenters. The Morgan fingerprint density at radius 3 is 2.83 bits per heavy atom. The van der Waals surface area contributed by atoms with Crippen molar-refractivity contribution in [2.75, 3.05) is 37.6 Å². The third-order valence-electron chi connectivity index (χ3n) is 6.97. The summed E-state index contributed by atoms with van der Waals surface area (Å²) in [5, 5.41) is 7.62. The lowest BCUT2D eigenvalue weighted by molar-refractivity contribution is -0.132. The summed E-state index contributed by atoms with van der Waals surface area (Å²) >= 11 is 0. The predicted molar refractivity (Wildman–Crippen MR) is 114 cm³/mol. The number of aryl methyl sites for hydroxylation is 1. The van der Waals surface area contributed by atoms with E-state index in [1.165, 1.54) is 18.4 Å². The van der Waals surface area contributed by atoms with Gasteiger partial charge >= 0.3 is 0 Å². The Morgan fingerprint density at radius 2 is 2.10 bits per heavy atom. The van der Waals surface area contributed by atoms with Gasteiger partial charge in [0, 0.05) is 69.8 Å². The maximum absolute atomic E-state index is 13.5. The summed E-state index contributed by atoms with van der Waals surface area (Å²) < 4.78 is 1.85. The zero-order valence-electron chi connectivity index (χ0n) is 17.7. The van der Waals surface area contributed by atoms with Crippen LogP contribution in [0.1, 0.15) is 31.2 Å². The Morgan fingerprint density at radius 1 is 1.27 bits per heavy atom. The van der Waals surface area contributed by atoms with Gasteiger partial charge in [-0.15, -0.1) is 0 Å². The average Bonchev–Trinajstić information content (AvgIpc) is 3.43. The van der Waals surface area contributed by atoms with Crippen LogP contribution in [0.4, 0.5) is 5.95 Å². The molecule has 2 aliphatic heterocycles. The summed E-state index contributed by atoms with van der Waals surface area (Å²) in [6, 6.07) is 1.84. The molecule has 0 bridgehead atoms. The Balaban J connectivity index is 1.37. The van der Waals surface area contributed by atoms with Crippen molar-refractivity contribution in [2.45, 2.75) is 32.2 Å². The molecule has 3 aliphatic rings. The van der Waals surface area contributed by atoms with E-state index in [0.717, 1.165) is 51.5 Å². The summed E-state index contributed by atoms with van der Waals surface area (Å²) in [5.74, 6) is 1.92. The topological polar surface area (TPSA) is 79.2 Å². The van der Waals surface area contributed by atoms with Crippen LogP contribution in [-0.4, -0.2) is 63.3 Å². The van der Waals surface area contributed by atoms with Gasteiger partial charge in [0.2, 0.25) is 11.9 Å². The van der Waals surface area contributed by atoms with Gasteiger partial charge in [-0.3, -0.25) is 14.4 Å². The number of rotatable bonds is 6. The van der Waals surface area contributed by atoms with Crippen LogP contribution in [0.25, 0.3) is 0 Å². The first-order chi connectivity index (χ1) is 14.6. The SMILES string of the molecule is Cn1cc(CN2CCC[C@@]3(C(=O)NCC4CC4)CN(c4ncccn4)C[C@@H]3C2)cn1. The standard InChI is InChI=1S/C22H31N7O/c1-27-12-18(11-26-27)13-28-9-2-6-22(20(30)25-10-17-4-5-17)16-29(15-19(22)14-28)21-23-7-3-8-24-21/h3,7-8,11-12,17,19H,2,4-6,9-10,13-16H2,1H3,(H,25,30)/t19-,22+/m0/s1. The number of likely N-dealkylation sites (tertiary alicyclic amines) is 1. The Kier molecular flexibility index (Phi) is 5.18. The van der Waals surface area contributed by atoms with E-state index < -0.39 is 0 Å². The van der Waals surface area contributed by atoms with Crippen molar-refractivity contribution in [3.8, 4) is 0 Å². The molecule has 0 radical (unpaired) electrons. The number of fused-ring (bicyclic) bond motifs is 1. The molecule has 8 nitrogen and oxygen atoms in total. The summed E-state index contributed by atoms with van der Waals surface area (Å²) in [4.78, 5) is 27.2. The fraction of sp³-hybridized carbons (Fsp3) is 0.636. The van der Waals surface area contributed by atoms with Gasteiger partial charge < -0.3 is 10.2 Å². The highest BCUT2D eigenvalue weighted by molar-refractivity contribution is 5.84. The predicted octanol–water partition coefficient (Wildman–Crippen LogP) is 1.45. The quantitative estimate of drug-likeness (QED) is 0.778. The lowest BCUT2D eigenvalue weighted by Gasteiger charge is -2.32. The van der Waals surface area contributed by atoms with Gasteiger partial charge in [0.1, 0.15) is 0 Å². The van der Waals surface area contributed by atoms with Gasteiger partial charge in [0.25, 0.3) is 0 Å². The Bertz CT molecular complexity index is 881. The van der Waals surface area contributed by atoms with E-state index in [4.69, 9.17) is 0 Å². The molecule has 4 heterocycles. The number of aromatic nitrogens is 4. The molecule has 8 heteroatoms. The van der Waals surface area contributed by atoms with E-state index in [1.54, 1.807) is 12.4 Å². The number of carbonyl (C=O) groups excluding carboxylic acids is 1. The maximum atomic E-state index is 13.5. The largest absolute Gasteiger partial charge is 0.355 e. The fourth-order valence-corrected chi connectivity index (χ4v) is 5.18. The molecule has 2 aromatic heterocycles. The monoisotopic (exact) mass is 409 g/mol. The van der Waals surface area contributed by atoms with Crippen LogP contribution in [-0.2, 0) is 18.4 Å². The number of hydrogen-bond acceptors (Lipinski definition) is 6. The van der Waals surface area contributed by atoms with Crippen LogP contribution >= 0.6 is 0 Å². The van der Waals surface area contributed by atoms with Gasteiger partial charge in [0.05, 0.1) is 11.6 Å². The smallest absolute Gasteiger partial charge is 0.228 e. The van der Waals surface area contributed by atoms with E-state index in [-0.39, 0.29) is 17.2 Å². The first-order valence-corrected chi connectivity index (χ1v) is 11.1. The van der Waals surface area contributed by atoms with Crippen molar-refractivity contribution in [3.05, 3.63) is 36.4 Å². The first kappa shape index (κ1) is 19.5. The average molecular weight is 410 g/mol. The number of nitrogens with zero attached hydrogens (tertiary/aromatic N) is 6. The highest BCUT2D eigenvalue weighted by Gasteiger charge is 2.53. The van der Waals surface area contributed by atoms with Gasteiger partial charge in [-0.1, -0.05) is 0 Å². The second kappa shape index (κ2) is 7.98. The van der Waals surface area contributed by atoms with Crippen LogP contribution in [0.15, 0.2) is 30.9 Å². The van der Waals surface area contributed by atoms with Crippen LogP contribution in [0.2, 0.25) is 0 Å². The second-order valence-electron chi connectivity index (χ2n) is 9.30. The molecule has 30 heavy (non-hydrogen) atoms. The minimum atomic E-state index is -0.363. The molecule has 0 unspecified atom stereocenters. The van der Waals surface area contributed by atoms with E-state index in [9.17, 15) is 4.79 Å². The summed E-state index contributed by atoms with van der Waals surface area (Å²) in [5.41, 5.74) is 0.863. The zero-order chi connectivity index (χ0) is 20.6. The zero-order valence-corrected chi connectivity index (χ0v) is 17.7. The molecule has 1 saturated carbocycles. The molecule has 0 aromatic carbocycles. The number of carbonyl (C=O) groups is 1. The maximum Gasteiger partial charge on any atom is 0.228 e. The number of hydrogen-bond donors (Lipinski definition) is 1. The van der Waals surface area contributed by atoms with Gasteiger partial charge in [-0.05, 0) is 44.2 Å². The van der Waals surface area contributed by atoms with Crippen molar-refractivity contribution in [2.24, 2.45) is 24.3 Å². The van der Waals surface area contributed by atoms with Crippen molar-refractivity contribution < 1.29 is 4.79 Å². The van der Waals surface area contributed by atoms with Crippen LogP contribution in [0.3, 0.4) is 0 Å². The summed E-state index contributed by atoms with van der Waals surface area (Å²) in [6.07, 6.45) is 12.0. The van der Waals surface area contributed by atoms with Crippen molar-refractivity contribution in [1.82, 2.24) is 30.0 Å². The molecule has 160 valence electrons. The minimum absolute atomic E-state index is 0.237. The van der Waals surface area contributed by atoms with Crippen molar-refractivity contribution in [3.63, 3.8) is 0 Å². The van der Waals surface area contributed by atoms with E-state index in [1.807, 2.05) is 24.0 Å². The van der Waals surface area contributed by atoms with Gasteiger partial charge in [0.15, 0.2) is 0 Å². The molecule has 1 aliphatic carbocycles. The van der Waals surface area contributed by atoms with Crippen LogP contribution < -0.4 is 10.2 Å². The lowest BCUT2D eigenvalue weighted by Crippen LogP contribution is -2.48. The summed E-state index contributed by atoms with van der Waals surface area (Å²) in [6.45, 7) is 5.17. The molecule has 1 N–H and O–H groups in total. The van der Waals surface area contributed by atoms with Gasteiger partial charge in [-0.2, -0.15) is 5.10 Å². The summed E-state index contributed by atoms with van der Waals surface area (Å²) in [7, 11) is 1.95. The number of nitrogens with one attached hydrogen (secondary N) is 1. The number of amides is 1. The molecular formula is C22H31N7O. The minimum Gasteiger partial charge on any atom is -0.355 e. The molecule has 2 aromatic rings. The van der Waals surface area contributed by atoms with Crippen LogP contribution in [0, 0.1) is 17.3 Å². The highest BCUT2D eigenvalue weighted by Crippen LogP contribution is 2.44.